The molecule has 2 fully saturated rings. The highest BCUT2D eigenvalue weighted by molar-refractivity contribution is 6.40. The number of fused-ring (bicyclic) bond motifs is 1. The smallest absolute Gasteiger partial charge is 0.451 e. The summed E-state index contributed by atoms with van der Waals surface area (Å²) in [4.78, 5) is 11.6. The van der Waals surface area contributed by atoms with Gasteiger partial charge in [0.1, 0.15) is 11.7 Å². The fourth-order valence-corrected chi connectivity index (χ4v) is 4.33. The average Bonchev–Trinajstić information content (AvgIpc) is 2.85. The van der Waals surface area contributed by atoms with Crippen LogP contribution < -0.4 is 11.1 Å². The van der Waals surface area contributed by atoms with Gasteiger partial charge in [-0.3, -0.25) is 4.79 Å². The molecule has 0 saturated heterocycles. The van der Waals surface area contributed by atoms with Crippen molar-refractivity contribution >= 4 is 13.1 Å². The van der Waals surface area contributed by atoms with E-state index in [1.165, 1.54) is 0 Å². The Morgan fingerprint density at radius 3 is 2.71 bits per heavy atom. The lowest BCUT2D eigenvalue weighted by atomic mass is 9.75. The van der Waals surface area contributed by atoms with Crippen LogP contribution in [0.4, 0.5) is 4.39 Å². The number of alkyl halides is 1. The summed E-state index contributed by atoms with van der Waals surface area (Å²) in [5.41, 5.74) is 4.69. The molecule has 0 aromatic heterocycles. The van der Waals surface area contributed by atoms with Gasteiger partial charge in [0.05, 0.1) is 0 Å². The maximum absolute atomic E-state index is 14.6. The first-order chi connectivity index (χ1) is 9.81. The van der Waals surface area contributed by atoms with E-state index in [0.717, 1.165) is 0 Å². The van der Waals surface area contributed by atoms with Crippen LogP contribution in [-0.4, -0.2) is 53.0 Å². The fraction of sp³-hybridized carbons (Fsp3) is 0.923. The number of nitrogens with two attached hydrogens (primary N) is 1. The van der Waals surface area contributed by atoms with E-state index in [1.54, 1.807) is 7.05 Å². The summed E-state index contributed by atoms with van der Waals surface area (Å²) < 4.78 is 14.6. The quantitative estimate of drug-likeness (QED) is 0.427. The highest BCUT2D eigenvalue weighted by Gasteiger charge is 2.61. The lowest BCUT2D eigenvalue weighted by Gasteiger charge is -2.32. The van der Waals surface area contributed by atoms with Crippen LogP contribution >= 0.6 is 0 Å². The first kappa shape index (κ1) is 16.7. The van der Waals surface area contributed by atoms with Crippen molar-refractivity contribution in [2.45, 2.75) is 49.8 Å². The van der Waals surface area contributed by atoms with Gasteiger partial charge in [-0.25, -0.2) is 4.39 Å². The number of aliphatic carboxylic acids is 1. The molecule has 6 N–H and O–H groups in total. The number of rotatable bonds is 6. The lowest BCUT2D eigenvalue weighted by molar-refractivity contribution is -0.145. The SMILES string of the molecule is CN[C@H]1C[C@@H]2C[C@@](N)(C(=O)O)[C@@H](CCCB(O)O)[C@@H]2[C@H]1F. The Kier molecular flexibility index (Phi) is 4.92. The van der Waals surface area contributed by atoms with Gasteiger partial charge < -0.3 is 26.2 Å². The zero-order chi connectivity index (χ0) is 15.8. The van der Waals surface area contributed by atoms with Gasteiger partial charge in [0.25, 0.3) is 0 Å². The molecule has 0 aromatic carbocycles. The van der Waals surface area contributed by atoms with E-state index < -0.39 is 30.7 Å². The average molecular weight is 302 g/mol. The molecule has 0 unspecified atom stereocenters. The van der Waals surface area contributed by atoms with Gasteiger partial charge >= 0.3 is 13.1 Å². The minimum atomic E-state index is -1.42. The van der Waals surface area contributed by atoms with Gasteiger partial charge in [-0.15, -0.1) is 0 Å². The molecule has 0 bridgehead atoms. The Labute approximate surface area is 124 Å². The topological polar surface area (TPSA) is 116 Å². The Bertz CT molecular complexity index is 400. The van der Waals surface area contributed by atoms with Gasteiger partial charge in [0, 0.05) is 6.04 Å². The fourth-order valence-electron chi connectivity index (χ4n) is 4.33. The first-order valence-electron chi connectivity index (χ1n) is 7.51. The van der Waals surface area contributed by atoms with Crippen molar-refractivity contribution in [3.63, 3.8) is 0 Å². The zero-order valence-corrected chi connectivity index (χ0v) is 12.2. The second kappa shape index (κ2) is 6.20. The first-order valence-corrected chi connectivity index (χ1v) is 7.51. The van der Waals surface area contributed by atoms with Crippen molar-refractivity contribution in [3.05, 3.63) is 0 Å². The summed E-state index contributed by atoms with van der Waals surface area (Å²) in [7, 11) is 0.288. The number of hydrogen-bond donors (Lipinski definition) is 5. The molecule has 0 spiro atoms. The van der Waals surface area contributed by atoms with Crippen molar-refractivity contribution in [2.75, 3.05) is 7.05 Å². The molecule has 2 rings (SSSR count). The third kappa shape index (κ3) is 2.95. The van der Waals surface area contributed by atoms with E-state index in [9.17, 15) is 14.3 Å². The summed E-state index contributed by atoms with van der Waals surface area (Å²) in [6, 6.07) is -0.246. The van der Waals surface area contributed by atoms with E-state index in [0.29, 0.717) is 19.3 Å². The van der Waals surface area contributed by atoms with Crippen LogP contribution in [0.25, 0.3) is 0 Å². The number of carboxylic acid groups (broad SMARTS) is 1. The number of nitrogens with one attached hydrogen (secondary N) is 1. The van der Waals surface area contributed by atoms with Gasteiger partial charge in [-0.1, -0.05) is 6.42 Å². The van der Waals surface area contributed by atoms with Gasteiger partial charge in [0.2, 0.25) is 0 Å². The number of hydrogen-bond acceptors (Lipinski definition) is 5. The van der Waals surface area contributed by atoms with E-state index in [1.807, 2.05) is 0 Å². The highest BCUT2D eigenvalue weighted by atomic mass is 19.1. The maximum atomic E-state index is 14.6. The number of carboxylic acids is 1. The van der Waals surface area contributed by atoms with Crippen LogP contribution in [0.3, 0.4) is 0 Å². The molecule has 8 heteroatoms. The van der Waals surface area contributed by atoms with E-state index in [-0.39, 0.29) is 30.6 Å². The molecule has 0 amide bonds. The van der Waals surface area contributed by atoms with Crippen LogP contribution in [0, 0.1) is 17.8 Å². The molecule has 6 atom stereocenters. The molecule has 2 aliphatic carbocycles. The molecule has 0 heterocycles. The summed E-state index contributed by atoms with van der Waals surface area (Å²) in [5, 5.41) is 30.2. The minimum Gasteiger partial charge on any atom is -0.480 e. The second-order valence-electron chi connectivity index (χ2n) is 6.48. The largest absolute Gasteiger partial charge is 0.480 e. The molecule has 2 aliphatic rings. The zero-order valence-electron chi connectivity index (χ0n) is 12.2. The molecular weight excluding hydrogens is 278 g/mol. The van der Waals surface area contributed by atoms with E-state index in [4.69, 9.17) is 15.8 Å². The Balaban J connectivity index is 2.15. The van der Waals surface area contributed by atoms with Crippen LogP contribution in [-0.2, 0) is 4.79 Å². The molecule has 0 aliphatic heterocycles. The van der Waals surface area contributed by atoms with Crippen molar-refractivity contribution in [3.8, 4) is 0 Å². The molecule has 0 aromatic rings. The monoisotopic (exact) mass is 302 g/mol. The van der Waals surface area contributed by atoms with Crippen LogP contribution in [0.2, 0.25) is 6.32 Å². The molecule has 2 saturated carbocycles. The van der Waals surface area contributed by atoms with Gasteiger partial charge in [-0.05, 0) is 50.4 Å². The van der Waals surface area contributed by atoms with Crippen molar-refractivity contribution in [1.82, 2.24) is 5.32 Å². The summed E-state index contributed by atoms with van der Waals surface area (Å²) in [6.07, 6.45) is 0.767. The summed E-state index contributed by atoms with van der Waals surface area (Å²) >= 11 is 0. The maximum Gasteiger partial charge on any atom is 0.451 e. The molecule has 6 nitrogen and oxygen atoms in total. The minimum absolute atomic E-state index is 0.0254. The van der Waals surface area contributed by atoms with Crippen molar-refractivity contribution in [1.29, 1.82) is 0 Å². The van der Waals surface area contributed by atoms with E-state index >= 15 is 0 Å². The van der Waals surface area contributed by atoms with Gasteiger partial charge in [-0.2, -0.15) is 0 Å². The standard InChI is InChI=1S/C13H24BFN2O4/c1-17-9-5-7-6-13(16,12(18)19)8(10(7)11(9)15)3-2-4-14(20)21/h7-11,17,20-21H,2-6,16H2,1H3,(H,18,19)/t7-,8+,9+,10-,11+,13+/m1/s1. The predicted octanol–water partition coefficient (Wildman–Crippen LogP) is -0.396. The Hall–Kier alpha value is -0.695. The van der Waals surface area contributed by atoms with Crippen molar-refractivity contribution < 1.29 is 24.3 Å². The third-order valence-electron chi connectivity index (χ3n) is 5.33. The summed E-state index contributed by atoms with van der Waals surface area (Å²) in [6.45, 7) is 0. The molecular formula is C13H24BFN2O4. The van der Waals surface area contributed by atoms with Crippen LogP contribution in [0.15, 0.2) is 0 Å². The second-order valence-corrected chi connectivity index (χ2v) is 6.48. The number of halogens is 1. The Morgan fingerprint density at radius 2 is 2.19 bits per heavy atom. The summed E-state index contributed by atoms with van der Waals surface area (Å²) in [5.74, 6) is -1.94. The molecule has 120 valence electrons. The number of carbonyl (C=O) groups is 1. The van der Waals surface area contributed by atoms with Gasteiger partial charge in [0.15, 0.2) is 0 Å². The highest BCUT2D eigenvalue weighted by Crippen LogP contribution is 2.54. The molecule has 0 radical (unpaired) electrons. The predicted molar refractivity (Wildman–Crippen MR) is 76.2 cm³/mol. The Morgan fingerprint density at radius 1 is 1.52 bits per heavy atom. The van der Waals surface area contributed by atoms with Crippen LogP contribution in [0.5, 0.6) is 0 Å². The normalized spacial score (nSPS) is 42.0. The molecule has 21 heavy (non-hydrogen) atoms. The van der Waals surface area contributed by atoms with Crippen LogP contribution in [0.1, 0.15) is 25.7 Å². The van der Waals surface area contributed by atoms with Crippen molar-refractivity contribution in [2.24, 2.45) is 23.5 Å². The third-order valence-corrected chi connectivity index (χ3v) is 5.33. The lowest BCUT2D eigenvalue weighted by Crippen LogP contribution is -2.53. The van der Waals surface area contributed by atoms with E-state index in [2.05, 4.69) is 5.32 Å².